The lowest BCUT2D eigenvalue weighted by atomic mass is 10.1. The standard InChI is InChI=1S/C10H15N3O2/c1-2-14-6-9-12-10(15-13-9)7-3-4-8(11)5-7/h3-4,7-8H,2,5-6,11H2,1H3. The molecule has 0 aliphatic heterocycles. The second kappa shape index (κ2) is 4.55. The number of aromatic nitrogens is 2. The Kier molecular flexibility index (Phi) is 3.13. The molecule has 0 aromatic carbocycles. The molecule has 1 aromatic rings. The van der Waals surface area contributed by atoms with Crippen LogP contribution in [0, 0.1) is 0 Å². The molecule has 82 valence electrons. The van der Waals surface area contributed by atoms with Crippen molar-refractivity contribution < 1.29 is 9.26 Å². The number of nitrogens with zero attached hydrogens (tertiary/aromatic N) is 2. The molecule has 0 fully saturated rings. The highest BCUT2D eigenvalue weighted by Crippen LogP contribution is 2.26. The molecule has 0 spiro atoms. The fourth-order valence-electron chi connectivity index (χ4n) is 1.58. The molecule has 0 saturated heterocycles. The molecule has 15 heavy (non-hydrogen) atoms. The van der Waals surface area contributed by atoms with E-state index in [4.69, 9.17) is 15.0 Å². The summed E-state index contributed by atoms with van der Waals surface area (Å²) in [7, 11) is 0. The van der Waals surface area contributed by atoms with Gasteiger partial charge >= 0.3 is 0 Å². The Morgan fingerprint density at radius 1 is 1.60 bits per heavy atom. The minimum absolute atomic E-state index is 0.109. The van der Waals surface area contributed by atoms with Gasteiger partial charge in [-0.05, 0) is 13.3 Å². The zero-order valence-electron chi connectivity index (χ0n) is 8.72. The van der Waals surface area contributed by atoms with E-state index in [0.29, 0.717) is 24.9 Å². The average Bonchev–Trinajstić information content (AvgIpc) is 2.83. The summed E-state index contributed by atoms with van der Waals surface area (Å²) in [4.78, 5) is 4.25. The van der Waals surface area contributed by atoms with Gasteiger partial charge in [0.1, 0.15) is 6.61 Å². The van der Waals surface area contributed by atoms with Crippen LogP contribution in [-0.2, 0) is 11.3 Å². The van der Waals surface area contributed by atoms with Crippen LogP contribution in [-0.4, -0.2) is 22.8 Å². The first-order valence-corrected chi connectivity index (χ1v) is 5.13. The fourth-order valence-corrected chi connectivity index (χ4v) is 1.58. The summed E-state index contributed by atoms with van der Waals surface area (Å²) in [5.41, 5.74) is 5.75. The zero-order chi connectivity index (χ0) is 10.7. The summed E-state index contributed by atoms with van der Waals surface area (Å²) in [5.74, 6) is 1.40. The second-order valence-corrected chi connectivity index (χ2v) is 3.58. The van der Waals surface area contributed by atoms with Crippen LogP contribution in [0.25, 0.3) is 0 Å². The third kappa shape index (κ3) is 2.43. The maximum absolute atomic E-state index is 5.75. The predicted octanol–water partition coefficient (Wildman–Crippen LogP) is 0.977. The summed E-state index contributed by atoms with van der Waals surface area (Å²) >= 11 is 0. The van der Waals surface area contributed by atoms with Gasteiger partial charge in [-0.2, -0.15) is 4.98 Å². The first-order chi connectivity index (χ1) is 7.29. The van der Waals surface area contributed by atoms with Gasteiger partial charge in [-0.15, -0.1) is 0 Å². The highest BCUT2D eigenvalue weighted by atomic mass is 16.5. The molecule has 0 radical (unpaired) electrons. The van der Waals surface area contributed by atoms with Crippen molar-refractivity contribution in [2.24, 2.45) is 5.73 Å². The van der Waals surface area contributed by atoms with E-state index in [0.717, 1.165) is 6.42 Å². The van der Waals surface area contributed by atoms with E-state index in [1.54, 1.807) is 0 Å². The Morgan fingerprint density at radius 2 is 2.47 bits per heavy atom. The topological polar surface area (TPSA) is 74.2 Å². The van der Waals surface area contributed by atoms with Crippen LogP contribution in [0.2, 0.25) is 0 Å². The van der Waals surface area contributed by atoms with Crippen molar-refractivity contribution in [1.29, 1.82) is 0 Å². The molecular weight excluding hydrogens is 194 g/mol. The third-order valence-electron chi connectivity index (χ3n) is 2.35. The molecule has 2 N–H and O–H groups in total. The van der Waals surface area contributed by atoms with Gasteiger partial charge in [-0.3, -0.25) is 0 Å². The normalized spacial score (nSPS) is 24.9. The second-order valence-electron chi connectivity index (χ2n) is 3.58. The van der Waals surface area contributed by atoms with Crippen molar-refractivity contribution >= 4 is 0 Å². The summed E-state index contributed by atoms with van der Waals surface area (Å²) in [6.07, 6.45) is 4.83. The van der Waals surface area contributed by atoms with Gasteiger partial charge in [0, 0.05) is 12.6 Å². The van der Waals surface area contributed by atoms with Gasteiger partial charge in [0.25, 0.3) is 0 Å². The summed E-state index contributed by atoms with van der Waals surface area (Å²) in [5, 5.41) is 3.84. The van der Waals surface area contributed by atoms with Gasteiger partial charge in [0.05, 0.1) is 5.92 Å². The van der Waals surface area contributed by atoms with Crippen LogP contribution in [0.15, 0.2) is 16.7 Å². The van der Waals surface area contributed by atoms with Crippen molar-refractivity contribution in [2.75, 3.05) is 6.61 Å². The summed E-state index contributed by atoms with van der Waals surface area (Å²) in [6.45, 7) is 2.99. The monoisotopic (exact) mass is 209 g/mol. The molecule has 5 nitrogen and oxygen atoms in total. The first kappa shape index (κ1) is 10.3. The van der Waals surface area contributed by atoms with E-state index in [2.05, 4.69) is 10.1 Å². The Bertz CT molecular complexity index is 348. The molecule has 0 saturated carbocycles. The Labute approximate surface area is 88.3 Å². The van der Waals surface area contributed by atoms with Crippen molar-refractivity contribution in [1.82, 2.24) is 10.1 Å². The van der Waals surface area contributed by atoms with Gasteiger partial charge < -0.3 is 15.0 Å². The van der Waals surface area contributed by atoms with Gasteiger partial charge in [0.15, 0.2) is 5.82 Å². The molecule has 2 atom stereocenters. The summed E-state index contributed by atoms with van der Waals surface area (Å²) < 4.78 is 10.3. The molecule has 1 aromatic heterocycles. The fraction of sp³-hybridized carbons (Fsp3) is 0.600. The Morgan fingerprint density at radius 3 is 3.13 bits per heavy atom. The smallest absolute Gasteiger partial charge is 0.233 e. The molecule has 2 unspecified atom stereocenters. The van der Waals surface area contributed by atoms with E-state index in [9.17, 15) is 0 Å². The SMILES string of the molecule is CCOCc1noc(C2C=CC(N)C2)n1. The lowest BCUT2D eigenvalue weighted by Gasteiger charge is -2.01. The molecule has 0 bridgehead atoms. The van der Waals surface area contributed by atoms with Gasteiger partial charge in [0.2, 0.25) is 5.89 Å². The van der Waals surface area contributed by atoms with E-state index in [-0.39, 0.29) is 12.0 Å². The third-order valence-corrected chi connectivity index (χ3v) is 2.35. The lowest BCUT2D eigenvalue weighted by molar-refractivity contribution is 0.126. The van der Waals surface area contributed by atoms with Gasteiger partial charge in [-0.1, -0.05) is 17.3 Å². The number of hydrogen-bond acceptors (Lipinski definition) is 5. The lowest BCUT2D eigenvalue weighted by Crippen LogP contribution is -2.14. The number of nitrogens with two attached hydrogens (primary N) is 1. The van der Waals surface area contributed by atoms with E-state index in [1.165, 1.54) is 0 Å². The van der Waals surface area contributed by atoms with Crippen LogP contribution in [0.5, 0.6) is 0 Å². The number of allylic oxidation sites excluding steroid dienone is 1. The van der Waals surface area contributed by atoms with Crippen molar-refractivity contribution in [3.05, 3.63) is 23.9 Å². The maximum atomic E-state index is 5.75. The Hall–Kier alpha value is -1.20. The number of ether oxygens (including phenoxy) is 1. The van der Waals surface area contributed by atoms with E-state index < -0.39 is 0 Å². The first-order valence-electron chi connectivity index (χ1n) is 5.13. The van der Waals surface area contributed by atoms with Crippen LogP contribution >= 0.6 is 0 Å². The molecular formula is C10H15N3O2. The molecule has 1 heterocycles. The van der Waals surface area contributed by atoms with Crippen LogP contribution in [0.4, 0.5) is 0 Å². The highest BCUT2D eigenvalue weighted by molar-refractivity contribution is 5.15. The van der Waals surface area contributed by atoms with Crippen LogP contribution < -0.4 is 5.73 Å². The van der Waals surface area contributed by atoms with E-state index in [1.807, 2.05) is 19.1 Å². The minimum Gasteiger partial charge on any atom is -0.374 e. The molecule has 1 aliphatic carbocycles. The number of hydrogen-bond donors (Lipinski definition) is 1. The molecule has 5 heteroatoms. The van der Waals surface area contributed by atoms with Crippen molar-refractivity contribution in [3.8, 4) is 0 Å². The molecule has 2 rings (SSSR count). The van der Waals surface area contributed by atoms with Gasteiger partial charge in [-0.25, -0.2) is 0 Å². The largest absolute Gasteiger partial charge is 0.374 e. The maximum Gasteiger partial charge on any atom is 0.233 e. The van der Waals surface area contributed by atoms with Crippen molar-refractivity contribution in [2.45, 2.75) is 31.9 Å². The summed E-state index contributed by atoms with van der Waals surface area (Å²) in [6, 6.07) is 0.109. The highest BCUT2D eigenvalue weighted by Gasteiger charge is 2.22. The number of rotatable bonds is 4. The quantitative estimate of drug-likeness (QED) is 0.748. The van der Waals surface area contributed by atoms with E-state index >= 15 is 0 Å². The van der Waals surface area contributed by atoms with Crippen LogP contribution in [0.3, 0.4) is 0 Å². The molecule has 0 amide bonds. The average molecular weight is 209 g/mol. The minimum atomic E-state index is 0.109. The predicted molar refractivity (Wildman–Crippen MR) is 54.1 cm³/mol. The van der Waals surface area contributed by atoms with Crippen LogP contribution in [0.1, 0.15) is 31.0 Å². The zero-order valence-corrected chi connectivity index (χ0v) is 8.72. The van der Waals surface area contributed by atoms with Crippen molar-refractivity contribution in [3.63, 3.8) is 0 Å². The molecule has 1 aliphatic rings. The Balaban J connectivity index is 1.98.